The summed E-state index contributed by atoms with van der Waals surface area (Å²) < 4.78 is 0. The summed E-state index contributed by atoms with van der Waals surface area (Å²) >= 11 is 0. The van der Waals surface area contributed by atoms with Crippen LogP contribution in [0.4, 0.5) is 0 Å². The molecule has 1 nitrogen and oxygen atoms in total. The Morgan fingerprint density at radius 1 is 1.23 bits per heavy atom. The molecule has 1 aromatic rings. The number of benzene rings is 1. The van der Waals surface area contributed by atoms with Crippen LogP contribution >= 0.6 is 0 Å². The minimum Gasteiger partial charge on any atom is -0.316 e. The molecule has 0 amide bonds. The van der Waals surface area contributed by atoms with Gasteiger partial charge in [-0.1, -0.05) is 30.3 Å². The first-order valence-electron chi connectivity index (χ1n) is 5.18. The van der Waals surface area contributed by atoms with E-state index in [9.17, 15) is 0 Å². The lowest BCUT2D eigenvalue weighted by Gasteiger charge is -2.23. The minimum absolute atomic E-state index is 0.527. The van der Waals surface area contributed by atoms with Gasteiger partial charge in [0.05, 0.1) is 0 Å². The first-order valence-corrected chi connectivity index (χ1v) is 5.18. The van der Waals surface area contributed by atoms with Gasteiger partial charge >= 0.3 is 0 Å². The highest BCUT2D eigenvalue weighted by Gasteiger charge is 2.55. The molecule has 1 heteroatoms. The molecule has 0 aromatic heterocycles. The predicted molar refractivity (Wildman–Crippen MR) is 53.7 cm³/mol. The first-order chi connectivity index (χ1) is 6.42. The smallest absolute Gasteiger partial charge is 0.0110 e. The molecule has 2 aliphatic rings. The minimum atomic E-state index is 0.527. The Morgan fingerprint density at radius 2 is 2.08 bits per heavy atom. The summed E-state index contributed by atoms with van der Waals surface area (Å²) in [6.07, 6.45) is 2.78. The normalized spacial score (nSPS) is 36.8. The Balaban J connectivity index is 1.94. The lowest BCUT2D eigenvalue weighted by atomic mass is 9.90. The van der Waals surface area contributed by atoms with Gasteiger partial charge in [0.25, 0.3) is 0 Å². The Hall–Kier alpha value is -0.820. The van der Waals surface area contributed by atoms with Crippen LogP contribution in [0.3, 0.4) is 0 Å². The lowest BCUT2D eigenvalue weighted by Crippen LogP contribution is -2.34. The maximum absolute atomic E-state index is 3.52. The standard InChI is InChI=1S/C12H15N/c1-2-4-10(5-3-1)12-8-11(12)6-7-13-9-12/h1-5,11,13H,6-9H2. The van der Waals surface area contributed by atoms with E-state index in [-0.39, 0.29) is 0 Å². The summed E-state index contributed by atoms with van der Waals surface area (Å²) in [6, 6.07) is 11.0. The third-order valence-electron chi connectivity index (χ3n) is 3.69. The molecule has 1 saturated carbocycles. The molecule has 3 rings (SSSR count). The lowest BCUT2D eigenvalue weighted by molar-refractivity contribution is 0.447. The number of hydrogen-bond acceptors (Lipinski definition) is 1. The molecule has 2 atom stereocenters. The van der Waals surface area contributed by atoms with Gasteiger partial charge in [-0.3, -0.25) is 0 Å². The zero-order valence-electron chi connectivity index (χ0n) is 7.79. The molecule has 1 aliphatic carbocycles. The Bertz CT molecular complexity index is 306. The highest BCUT2D eigenvalue weighted by atomic mass is 14.9. The zero-order chi connectivity index (χ0) is 8.73. The van der Waals surface area contributed by atoms with E-state index in [0.717, 1.165) is 5.92 Å². The third-order valence-corrected chi connectivity index (χ3v) is 3.69. The van der Waals surface area contributed by atoms with Gasteiger partial charge in [0, 0.05) is 12.0 Å². The van der Waals surface area contributed by atoms with Crippen LogP contribution in [0, 0.1) is 5.92 Å². The van der Waals surface area contributed by atoms with Gasteiger partial charge < -0.3 is 5.32 Å². The van der Waals surface area contributed by atoms with Crippen molar-refractivity contribution in [2.45, 2.75) is 18.3 Å². The van der Waals surface area contributed by atoms with E-state index in [4.69, 9.17) is 0 Å². The predicted octanol–water partition coefficient (Wildman–Crippen LogP) is 1.94. The fraction of sp³-hybridized carbons (Fsp3) is 0.500. The van der Waals surface area contributed by atoms with Gasteiger partial charge in [0.1, 0.15) is 0 Å². The Morgan fingerprint density at radius 3 is 2.85 bits per heavy atom. The number of fused-ring (bicyclic) bond motifs is 1. The van der Waals surface area contributed by atoms with Crippen molar-refractivity contribution >= 4 is 0 Å². The molecule has 1 aromatic carbocycles. The van der Waals surface area contributed by atoms with Crippen LogP contribution in [0.5, 0.6) is 0 Å². The number of piperidine rings is 1. The highest BCUT2D eigenvalue weighted by molar-refractivity contribution is 5.35. The van der Waals surface area contributed by atoms with Crippen molar-refractivity contribution < 1.29 is 0 Å². The fourth-order valence-electron chi connectivity index (χ4n) is 2.79. The summed E-state index contributed by atoms with van der Waals surface area (Å²) in [6.45, 7) is 2.42. The second kappa shape index (κ2) is 2.58. The molecule has 68 valence electrons. The van der Waals surface area contributed by atoms with Crippen molar-refractivity contribution in [1.82, 2.24) is 5.32 Å². The second-order valence-corrected chi connectivity index (χ2v) is 4.39. The van der Waals surface area contributed by atoms with E-state index in [0.29, 0.717) is 5.41 Å². The van der Waals surface area contributed by atoms with Crippen LogP contribution in [0.1, 0.15) is 18.4 Å². The topological polar surface area (TPSA) is 12.0 Å². The maximum atomic E-state index is 3.52. The first kappa shape index (κ1) is 7.57. The van der Waals surface area contributed by atoms with E-state index in [1.165, 1.54) is 25.9 Å². The van der Waals surface area contributed by atoms with Gasteiger partial charge in [0.2, 0.25) is 0 Å². The van der Waals surface area contributed by atoms with E-state index < -0.39 is 0 Å². The van der Waals surface area contributed by atoms with Crippen LogP contribution in [-0.4, -0.2) is 13.1 Å². The molecular formula is C12H15N. The molecule has 0 bridgehead atoms. The number of hydrogen-bond donors (Lipinski definition) is 1. The summed E-state index contributed by atoms with van der Waals surface area (Å²) in [5.41, 5.74) is 2.08. The summed E-state index contributed by atoms with van der Waals surface area (Å²) in [5.74, 6) is 0.969. The molecule has 1 saturated heterocycles. The largest absolute Gasteiger partial charge is 0.316 e. The molecule has 2 unspecified atom stereocenters. The molecular weight excluding hydrogens is 158 g/mol. The van der Waals surface area contributed by atoms with Gasteiger partial charge in [-0.15, -0.1) is 0 Å². The molecule has 1 heterocycles. The molecule has 0 radical (unpaired) electrons. The summed E-state index contributed by atoms with van der Waals surface area (Å²) in [7, 11) is 0. The highest BCUT2D eigenvalue weighted by Crippen LogP contribution is 2.56. The number of rotatable bonds is 1. The van der Waals surface area contributed by atoms with E-state index in [1.54, 1.807) is 5.56 Å². The van der Waals surface area contributed by atoms with Gasteiger partial charge in [-0.05, 0) is 30.9 Å². The van der Waals surface area contributed by atoms with Gasteiger partial charge in [-0.25, -0.2) is 0 Å². The molecule has 1 N–H and O–H groups in total. The third kappa shape index (κ3) is 1.03. The Kier molecular flexibility index (Phi) is 1.50. The molecule has 2 fully saturated rings. The molecule has 13 heavy (non-hydrogen) atoms. The van der Waals surface area contributed by atoms with Crippen molar-refractivity contribution in [3.05, 3.63) is 35.9 Å². The van der Waals surface area contributed by atoms with E-state index >= 15 is 0 Å². The number of nitrogens with one attached hydrogen (secondary N) is 1. The molecule has 1 aliphatic heterocycles. The second-order valence-electron chi connectivity index (χ2n) is 4.39. The van der Waals surface area contributed by atoms with Crippen LogP contribution in [0.2, 0.25) is 0 Å². The van der Waals surface area contributed by atoms with Crippen LogP contribution < -0.4 is 5.32 Å². The van der Waals surface area contributed by atoms with Crippen LogP contribution in [0.25, 0.3) is 0 Å². The SMILES string of the molecule is c1ccc(C23CNCCC2C3)cc1. The van der Waals surface area contributed by atoms with Crippen molar-refractivity contribution in [3.63, 3.8) is 0 Å². The quantitative estimate of drug-likeness (QED) is 0.684. The Labute approximate surface area is 79.2 Å². The van der Waals surface area contributed by atoms with E-state index in [2.05, 4.69) is 35.6 Å². The van der Waals surface area contributed by atoms with E-state index in [1.807, 2.05) is 0 Å². The maximum Gasteiger partial charge on any atom is 0.0110 e. The molecule has 0 spiro atoms. The summed E-state index contributed by atoms with van der Waals surface area (Å²) in [4.78, 5) is 0. The van der Waals surface area contributed by atoms with Crippen molar-refractivity contribution in [3.8, 4) is 0 Å². The van der Waals surface area contributed by atoms with Crippen molar-refractivity contribution in [1.29, 1.82) is 0 Å². The summed E-state index contributed by atoms with van der Waals surface area (Å²) in [5, 5.41) is 3.52. The van der Waals surface area contributed by atoms with Crippen molar-refractivity contribution in [2.75, 3.05) is 13.1 Å². The van der Waals surface area contributed by atoms with Gasteiger partial charge in [-0.2, -0.15) is 0 Å². The average Bonchev–Trinajstić information content (AvgIpc) is 2.94. The fourth-order valence-corrected chi connectivity index (χ4v) is 2.79. The average molecular weight is 173 g/mol. The monoisotopic (exact) mass is 173 g/mol. The van der Waals surface area contributed by atoms with Gasteiger partial charge in [0.15, 0.2) is 0 Å². The van der Waals surface area contributed by atoms with Crippen LogP contribution in [-0.2, 0) is 5.41 Å². The van der Waals surface area contributed by atoms with Crippen molar-refractivity contribution in [2.24, 2.45) is 5.92 Å². The zero-order valence-corrected chi connectivity index (χ0v) is 7.79. The van der Waals surface area contributed by atoms with Crippen LogP contribution in [0.15, 0.2) is 30.3 Å².